The van der Waals surface area contributed by atoms with Crippen LogP contribution in [-0.2, 0) is 13.0 Å². The first-order valence-electron chi connectivity index (χ1n) is 8.26. The van der Waals surface area contributed by atoms with Crippen LogP contribution < -0.4 is 0 Å². The lowest BCUT2D eigenvalue weighted by Crippen LogP contribution is -2.36. The van der Waals surface area contributed by atoms with E-state index in [-0.39, 0.29) is 18.5 Å². The molecule has 2 rings (SSSR count). The summed E-state index contributed by atoms with van der Waals surface area (Å²) >= 11 is 0. The second-order valence-electron chi connectivity index (χ2n) is 5.84. The molecule has 2 aromatic carbocycles. The zero-order valence-electron chi connectivity index (χ0n) is 13.7. The highest BCUT2D eigenvalue weighted by molar-refractivity contribution is 5.17. The molecule has 0 heterocycles. The highest BCUT2D eigenvalue weighted by Crippen LogP contribution is 2.14. The molecule has 1 atom stereocenters. The molecule has 0 aliphatic carbocycles. The van der Waals surface area contributed by atoms with E-state index in [0.717, 1.165) is 30.4 Å². The Kier molecular flexibility index (Phi) is 7.41. The molecular formula is C20H23FN2O. The first kappa shape index (κ1) is 18.1. The maximum Gasteiger partial charge on any atom is 0.123 e. The number of aliphatic hydroxyl groups is 1. The number of rotatable bonds is 9. The van der Waals surface area contributed by atoms with E-state index in [4.69, 9.17) is 0 Å². The van der Waals surface area contributed by atoms with Crippen LogP contribution in [-0.4, -0.2) is 29.2 Å². The van der Waals surface area contributed by atoms with Gasteiger partial charge in [-0.2, -0.15) is 5.26 Å². The van der Waals surface area contributed by atoms with Crippen molar-refractivity contribution < 1.29 is 9.50 Å². The van der Waals surface area contributed by atoms with E-state index in [1.807, 2.05) is 35.2 Å². The third-order valence-electron chi connectivity index (χ3n) is 4.06. The SMILES string of the molecule is N#CC(CCCc1ccc(F)cc1)N(CCO)Cc1ccccc1. The molecule has 0 saturated heterocycles. The monoisotopic (exact) mass is 326 g/mol. The number of hydrogen-bond donors (Lipinski definition) is 1. The van der Waals surface area contributed by atoms with Crippen LogP contribution in [0.5, 0.6) is 0 Å². The van der Waals surface area contributed by atoms with E-state index in [9.17, 15) is 14.8 Å². The third kappa shape index (κ3) is 5.77. The van der Waals surface area contributed by atoms with Crippen LogP contribution >= 0.6 is 0 Å². The van der Waals surface area contributed by atoms with Crippen molar-refractivity contribution in [2.45, 2.75) is 31.8 Å². The van der Waals surface area contributed by atoms with Gasteiger partial charge in [0.25, 0.3) is 0 Å². The Bertz CT molecular complexity index is 637. The summed E-state index contributed by atoms with van der Waals surface area (Å²) in [4.78, 5) is 2.01. The smallest absolute Gasteiger partial charge is 0.123 e. The summed E-state index contributed by atoms with van der Waals surface area (Å²) in [5.41, 5.74) is 2.20. The van der Waals surface area contributed by atoms with Crippen molar-refractivity contribution in [2.75, 3.05) is 13.2 Å². The standard InChI is InChI=1S/C20H23FN2O/c21-19-11-9-17(10-12-19)7-4-8-20(15-22)23(13-14-24)16-18-5-2-1-3-6-18/h1-3,5-6,9-12,20,24H,4,7-8,13-14,16H2. The molecule has 0 bridgehead atoms. The lowest BCUT2D eigenvalue weighted by molar-refractivity contribution is 0.161. The van der Waals surface area contributed by atoms with Gasteiger partial charge in [0.15, 0.2) is 0 Å². The van der Waals surface area contributed by atoms with Gasteiger partial charge in [0.05, 0.1) is 18.7 Å². The van der Waals surface area contributed by atoms with Crippen LogP contribution in [0.25, 0.3) is 0 Å². The average Bonchev–Trinajstić information content (AvgIpc) is 2.61. The summed E-state index contributed by atoms with van der Waals surface area (Å²) in [5.74, 6) is -0.231. The predicted octanol–water partition coefficient (Wildman–Crippen LogP) is 3.54. The van der Waals surface area contributed by atoms with Crippen LogP contribution in [0.3, 0.4) is 0 Å². The van der Waals surface area contributed by atoms with Gasteiger partial charge in [-0.25, -0.2) is 4.39 Å². The van der Waals surface area contributed by atoms with Crippen molar-refractivity contribution in [1.82, 2.24) is 4.90 Å². The number of aliphatic hydroxyl groups excluding tert-OH is 1. The maximum absolute atomic E-state index is 12.9. The molecule has 0 saturated carbocycles. The Morgan fingerprint density at radius 3 is 2.38 bits per heavy atom. The molecule has 0 spiro atoms. The number of benzene rings is 2. The minimum absolute atomic E-state index is 0.0307. The fourth-order valence-corrected chi connectivity index (χ4v) is 2.77. The van der Waals surface area contributed by atoms with Gasteiger partial charge in [0, 0.05) is 13.1 Å². The number of hydrogen-bond acceptors (Lipinski definition) is 3. The summed E-state index contributed by atoms with van der Waals surface area (Å²) in [6.07, 6.45) is 2.39. The highest BCUT2D eigenvalue weighted by atomic mass is 19.1. The van der Waals surface area contributed by atoms with Crippen LogP contribution in [0.2, 0.25) is 0 Å². The van der Waals surface area contributed by atoms with Crippen molar-refractivity contribution in [3.63, 3.8) is 0 Å². The molecular weight excluding hydrogens is 303 g/mol. The van der Waals surface area contributed by atoms with E-state index >= 15 is 0 Å². The number of halogens is 1. The van der Waals surface area contributed by atoms with Gasteiger partial charge in [-0.3, -0.25) is 4.90 Å². The van der Waals surface area contributed by atoms with Crippen molar-refractivity contribution in [2.24, 2.45) is 0 Å². The highest BCUT2D eigenvalue weighted by Gasteiger charge is 2.17. The minimum Gasteiger partial charge on any atom is -0.395 e. The van der Waals surface area contributed by atoms with Crippen molar-refractivity contribution in [1.29, 1.82) is 5.26 Å². The van der Waals surface area contributed by atoms with E-state index in [2.05, 4.69) is 6.07 Å². The summed E-state index contributed by atoms with van der Waals surface area (Å²) in [7, 11) is 0. The molecule has 126 valence electrons. The first-order chi connectivity index (χ1) is 11.7. The van der Waals surface area contributed by atoms with Gasteiger partial charge in [0.1, 0.15) is 5.82 Å². The van der Waals surface area contributed by atoms with Gasteiger partial charge in [-0.1, -0.05) is 42.5 Å². The summed E-state index contributed by atoms with van der Waals surface area (Å²) < 4.78 is 12.9. The molecule has 3 nitrogen and oxygen atoms in total. The topological polar surface area (TPSA) is 47.3 Å². The largest absolute Gasteiger partial charge is 0.395 e. The minimum atomic E-state index is -0.238. The average molecular weight is 326 g/mol. The molecule has 0 amide bonds. The molecule has 4 heteroatoms. The Balaban J connectivity index is 1.91. The van der Waals surface area contributed by atoms with Gasteiger partial charge in [-0.05, 0) is 42.5 Å². The van der Waals surface area contributed by atoms with Crippen molar-refractivity contribution >= 4 is 0 Å². The van der Waals surface area contributed by atoms with Crippen LogP contribution in [0.15, 0.2) is 54.6 Å². The Hall–Kier alpha value is -2.22. The first-order valence-corrected chi connectivity index (χ1v) is 8.26. The van der Waals surface area contributed by atoms with E-state index in [1.165, 1.54) is 12.1 Å². The molecule has 0 aliphatic rings. The Morgan fingerprint density at radius 2 is 1.75 bits per heavy atom. The lowest BCUT2D eigenvalue weighted by Gasteiger charge is -2.26. The van der Waals surface area contributed by atoms with E-state index < -0.39 is 0 Å². The normalized spacial score (nSPS) is 12.1. The molecule has 1 N–H and O–H groups in total. The van der Waals surface area contributed by atoms with Crippen molar-refractivity contribution in [3.05, 3.63) is 71.5 Å². The van der Waals surface area contributed by atoms with Gasteiger partial charge in [-0.15, -0.1) is 0 Å². The third-order valence-corrected chi connectivity index (χ3v) is 4.06. The molecule has 2 aromatic rings. The molecule has 1 unspecified atom stereocenters. The number of nitrogens with zero attached hydrogens (tertiary/aromatic N) is 2. The Labute approximate surface area is 143 Å². The second-order valence-corrected chi connectivity index (χ2v) is 5.84. The fraction of sp³-hybridized carbons (Fsp3) is 0.350. The number of nitriles is 1. The summed E-state index contributed by atoms with van der Waals surface area (Å²) in [6, 6.07) is 18.6. The van der Waals surface area contributed by atoms with E-state index in [0.29, 0.717) is 13.1 Å². The Morgan fingerprint density at radius 1 is 1.04 bits per heavy atom. The van der Waals surface area contributed by atoms with E-state index in [1.54, 1.807) is 12.1 Å². The van der Waals surface area contributed by atoms with Crippen molar-refractivity contribution in [3.8, 4) is 6.07 Å². The van der Waals surface area contributed by atoms with Gasteiger partial charge < -0.3 is 5.11 Å². The maximum atomic E-state index is 12.9. The quantitative estimate of drug-likeness (QED) is 0.767. The summed E-state index contributed by atoms with van der Waals surface area (Å²) in [6.45, 7) is 1.16. The lowest BCUT2D eigenvalue weighted by atomic mass is 10.0. The zero-order valence-corrected chi connectivity index (χ0v) is 13.7. The van der Waals surface area contributed by atoms with Crippen LogP contribution in [0.1, 0.15) is 24.0 Å². The zero-order chi connectivity index (χ0) is 17.2. The molecule has 0 radical (unpaired) electrons. The van der Waals surface area contributed by atoms with Crippen LogP contribution in [0.4, 0.5) is 4.39 Å². The summed E-state index contributed by atoms with van der Waals surface area (Å²) in [5, 5.41) is 18.8. The number of aryl methyl sites for hydroxylation is 1. The fourth-order valence-electron chi connectivity index (χ4n) is 2.77. The van der Waals surface area contributed by atoms with Gasteiger partial charge >= 0.3 is 0 Å². The van der Waals surface area contributed by atoms with Crippen LogP contribution in [0, 0.1) is 17.1 Å². The molecule has 0 fully saturated rings. The molecule has 0 aliphatic heterocycles. The molecule has 0 aromatic heterocycles. The van der Waals surface area contributed by atoms with Gasteiger partial charge in [0.2, 0.25) is 0 Å². The molecule has 24 heavy (non-hydrogen) atoms. The predicted molar refractivity (Wildman–Crippen MR) is 92.7 cm³/mol. The second kappa shape index (κ2) is 9.82.